The number of nitrogens with zero attached hydrogens (tertiary/aromatic N) is 2. The van der Waals surface area contributed by atoms with Gasteiger partial charge in [-0.25, -0.2) is 4.98 Å². The van der Waals surface area contributed by atoms with Crippen molar-refractivity contribution in [3.63, 3.8) is 0 Å². The van der Waals surface area contributed by atoms with E-state index < -0.39 is 0 Å². The molecule has 4 heteroatoms. The van der Waals surface area contributed by atoms with Crippen molar-refractivity contribution in [2.45, 2.75) is 32.7 Å². The molecule has 1 aromatic carbocycles. The number of aromatic nitrogens is 1. The van der Waals surface area contributed by atoms with Gasteiger partial charge < -0.3 is 15.4 Å². The Kier molecular flexibility index (Phi) is 6.76. The molecular formula is C20H29N3O. The van der Waals surface area contributed by atoms with Crippen molar-refractivity contribution < 1.29 is 4.74 Å². The van der Waals surface area contributed by atoms with E-state index in [2.05, 4.69) is 54.3 Å². The monoisotopic (exact) mass is 327 g/mol. The van der Waals surface area contributed by atoms with Crippen LogP contribution in [0.1, 0.15) is 34.4 Å². The van der Waals surface area contributed by atoms with Crippen LogP contribution in [-0.2, 0) is 24.1 Å². The predicted molar refractivity (Wildman–Crippen MR) is 100 cm³/mol. The van der Waals surface area contributed by atoms with Gasteiger partial charge in [0.1, 0.15) is 5.82 Å². The largest absolute Gasteiger partial charge is 0.385 e. The van der Waals surface area contributed by atoms with Crippen molar-refractivity contribution in [2.24, 2.45) is 0 Å². The Bertz CT molecular complexity index is 651. The fraction of sp³-hybridized carbons (Fsp3) is 0.450. The van der Waals surface area contributed by atoms with Gasteiger partial charge in [0.2, 0.25) is 0 Å². The van der Waals surface area contributed by atoms with Gasteiger partial charge in [-0.15, -0.1) is 0 Å². The fourth-order valence-electron chi connectivity index (χ4n) is 2.85. The number of hydrogen-bond donors (Lipinski definition) is 1. The molecule has 2 rings (SSSR count). The van der Waals surface area contributed by atoms with Crippen molar-refractivity contribution in [2.75, 3.05) is 33.5 Å². The molecule has 4 nitrogen and oxygen atoms in total. The lowest BCUT2D eigenvalue weighted by Crippen LogP contribution is -2.10. The minimum atomic E-state index is 0.647. The molecule has 0 saturated carbocycles. The lowest BCUT2D eigenvalue weighted by atomic mass is 9.99. The van der Waals surface area contributed by atoms with Crippen molar-refractivity contribution in [3.05, 3.63) is 58.3 Å². The number of nitrogens with two attached hydrogens (primary N) is 1. The number of anilines is 1. The fourth-order valence-corrected chi connectivity index (χ4v) is 2.85. The number of ether oxygens (including phenoxy) is 1. The molecule has 0 atom stereocenters. The Labute approximate surface area is 145 Å². The summed E-state index contributed by atoms with van der Waals surface area (Å²) < 4.78 is 5.13. The van der Waals surface area contributed by atoms with Gasteiger partial charge in [-0.2, -0.15) is 0 Å². The van der Waals surface area contributed by atoms with Crippen LogP contribution in [0.3, 0.4) is 0 Å². The summed E-state index contributed by atoms with van der Waals surface area (Å²) in [6.45, 7) is 3.74. The molecule has 24 heavy (non-hydrogen) atoms. The number of hydrogen-bond acceptors (Lipinski definition) is 4. The standard InChI is InChI=1S/C20H29N3O/c1-15-19(13-18(20(21)22-15)6-5-11-24-4)12-16-7-9-17(10-8-16)14-23(2)3/h7-10,13H,5-6,11-12,14H2,1-4H3,(H2,21,22). The summed E-state index contributed by atoms with van der Waals surface area (Å²) in [6.07, 6.45) is 2.75. The summed E-state index contributed by atoms with van der Waals surface area (Å²) in [4.78, 5) is 6.71. The highest BCUT2D eigenvalue weighted by Gasteiger charge is 2.08. The zero-order valence-electron chi connectivity index (χ0n) is 15.3. The van der Waals surface area contributed by atoms with Gasteiger partial charge in [-0.05, 0) is 62.5 Å². The second-order valence-corrected chi connectivity index (χ2v) is 6.60. The number of pyridine rings is 1. The Morgan fingerprint density at radius 3 is 2.38 bits per heavy atom. The lowest BCUT2D eigenvalue weighted by Gasteiger charge is -2.13. The average Bonchev–Trinajstić information content (AvgIpc) is 2.53. The highest BCUT2D eigenvalue weighted by molar-refractivity contribution is 5.45. The molecule has 1 heterocycles. The van der Waals surface area contributed by atoms with Crippen LogP contribution in [0.4, 0.5) is 5.82 Å². The van der Waals surface area contributed by atoms with Gasteiger partial charge in [0.05, 0.1) is 0 Å². The average molecular weight is 327 g/mol. The molecule has 0 radical (unpaired) electrons. The molecule has 0 aliphatic rings. The molecule has 1 aromatic heterocycles. The number of nitrogen functional groups attached to an aromatic ring is 1. The topological polar surface area (TPSA) is 51.4 Å². The van der Waals surface area contributed by atoms with Gasteiger partial charge in [0.25, 0.3) is 0 Å². The first kappa shape index (κ1) is 18.4. The van der Waals surface area contributed by atoms with Crippen LogP contribution < -0.4 is 5.73 Å². The van der Waals surface area contributed by atoms with Gasteiger partial charge in [0.15, 0.2) is 0 Å². The van der Waals surface area contributed by atoms with Gasteiger partial charge in [-0.3, -0.25) is 0 Å². The van der Waals surface area contributed by atoms with Gasteiger partial charge in [0, 0.05) is 26.0 Å². The molecular weight excluding hydrogens is 298 g/mol. The van der Waals surface area contributed by atoms with E-state index in [0.29, 0.717) is 5.82 Å². The van der Waals surface area contributed by atoms with Gasteiger partial charge >= 0.3 is 0 Å². The third-order valence-electron chi connectivity index (χ3n) is 4.14. The molecule has 0 saturated heterocycles. The molecule has 0 fully saturated rings. The molecule has 0 amide bonds. The molecule has 2 N–H and O–H groups in total. The molecule has 130 valence electrons. The molecule has 0 unspecified atom stereocenters. The Morgan fingerprint density at radius 1 is 1.08 bits per heavy atom. The lowest BCUT2D eigenvalue weighted by molar-refractivity contribution is 0.195. The van der Waals surface area contributed by atoms with E-state index in [4.69, 9.17) is 10.5 Å². The highest BCUT2D eigenvalue weighted by Crippen LogP contribution is 2.20. The second-order valence-electron chi connectivity index (χ2n) is 6.60. The Hall–Kier alpha value is -1.91. The van der Waals surface area contributed by atoms with E-state index in [0.717, 1.165) is 43.7 Å². The number of aryl methyl sites for hydroxylation is 2. The maximum atomic E-state index is 6.08. The van der Waals surface area contributed by atoms with E-state index in [1.807, 2.05) is 6.92 Å². The number of rotatable bonds is 8. The Morgan fingerprint density at radius 2 is 1.75 bits per heavy atom. The quantitative estimate of drug-likeness (QED) is 0.757. The molecule has 0 spiro atoms. The van der Waals surface area contributed by atoms with E-state index in [1.165, 1.54) is 16.7 Å². The first-order valence-corrected chi connectivity index (χ1v) is 8.46. The third-order valence-corrected chi connectivity index (χ3v) is 4.14. The maximum absolute atomic E-state index is 6.08. The van der Waals surface area contributed by atoms with E-state index >= 15 is 0 Å². The maximum Gasteiger partial charge on any atom is 0.126 e. The second kappa shape index (κ2) is 8.81. The van der Waals surface area contributed by atoms with Crippen molar-refractivity contribution in [1.82, 2.24) is 9.88 Å². The van der Waals surface area contributed by atoms with Crippen LogP contribution in [-0.4, -0.2) is 37.7 Å². The summed E-state index contributed by atoms with van der Waals surface area (Å²) in [5.74, 6) is 0.647. The highest BCUT2D eigenvalue weighted by atomic mass is 16.5. The molecule has 0 aliphatic heterocycles. The van der Waals surface area contributed by atoms with Crippen molar-refractivity contribution in [3.8, 4) is 0 Å². The summed E-state index contributed by atoms with van der Waals surface area (Å²) in [5.41, 5.74) is 12.1. The van der Waals surface area contributed by atoms with Crippen LogP contribution in [0.2, 0.25) is 0 Å². The SMILES string of the molecule is COCCCc1cc(Cc2ccc(CN(C)C)cc2)c(C)nc1N. The van der Waals surface area contributed by atoms with Crippen LogP contribution in [0.15, 0.2) is 30.3 Å². The number of methoxy groups -OCH3 is 1. The smallest absolute Gasteiger partial charge is 0.126 e. The van der Waals surface area contributed by atoms with E-state index in [-0.39, 0.29) is 0 Å². The summed E-state index contributed by atoms with van der Waals surface area (Å²) in [7, 11) is 5.90. The third kappa shape index (κ3) is 5.32. The van der Waals surface area contributed by atoms with E-state index in [1.54, 1.807) is 7.11 Å². The van der Waals surface area contributed by atoms with E-state index in [9.17, 15) is 0 Å². The summed E-state index contributed by atoms with van der Waals surface area (Å²) in [6, 6.07) is 11.0. The first-order chi connectivity index (χ1) is 11.5. The normalized spacial score (nSPS) is 11.2. The van der Waals surface area contributed by atoms with Crippen LogP contribution in [0, 0.1) is 6.92 Å². The minimum Gasteiger partial charge on any atom is -0.385 e. The van der Waals surface area contributed by atoms with Gasteiger partial charge in [-0.1, -0.05) is 30.3 Å². The zero-order chi connectivity index (χ0) is 17.5. The van der Waals surface area contributed by atoms with Crippen molar-refractivity contribution >= 4 is 5.82 Å². The van der Waals surface area contributed by atoms with Crippen LogP contribution >= 0.6 is 0 Å². The zero-order valence-corrected chi connectivity index (χ0v) is 15.3. The minimum absolute atomic E-state index is 0.647. The molecule has 0 aliphatic carbocycles. The molecule has 2 aromatic rings. The molecule has 0 bridgehead atoms. The van der Waals surface area contributed by atoms with Crippen LogP contribution in [0.25, 0.3) is 0 Å². The Balaban J connectivity index is 2.12. The predicted octanol–water partition coefficient (Wildman–Crippen LogP) is 3.20. The summed E-state index contributed by atoms with van der Waals surface area (Å²) >= 11 is 0. The number of benzene rings is 1. The van der Waals surface area contributed by atoms with Crippen molar-refractivity contribution in [1.29, 1.82) is 0 Å². The summed E-state index contributed by atoms with van der Waals surface area (Å²) in [5, 5.41) is 0. The first-order valence-electron chi connectivity index (χ1n) is 8.46. The van der Waals surface area contributed by atoms with Crippen LogP contribution in [0.5, 0.6) is 0 Å².